The minimum atomic E-state index is -0.605. The van der Waals surface area contributed by atoms with Gasteiger partial charge in [-0.2, -0.15) is 11.8 Å². The second-order valence-corrected chi connectivity index (χ2v) is 11.4. The number of nitrogens with one attached hydrogen (secondary N) is 3. The van der Waals surface area contributed by atoms with E-state index in [9.17, 15) is 14.4 Å². The van der Waals surface area contributed by atoms with Crippen LogP contribution in [0.1, 0.15) is 49.8 Å². The average molecular weight is 600 g/mol. The van der Waals surface area contributed by atoms with E-state index in [2.05, 4.69) is 16.0 Å². The van der Waals surface area contributed by atoms with Crippen LogP contribution in [0, 0.1) is 0 Å². The molecule has 1 unspecified atom stereocenters. The molecule has 10 nitrogen and oxygen atoms in total. The van der Waals surface area contributed by atoms with Gasteiger partial charge in [0.15, 0.2) is 11.5 Å². The van der Waals surface area contributed by atoms with Crippen LogP contribution in [0.3, 0.4) is 0 Å². The third-order valence-electron chi connectivity index (χ3n) is 7.70. The molecule has 0 bridgehead atoms. The van der Waals surface area contributed by atoms with E-state index in [1.54, 1.807) is 45.2 Å². The van der Waals surface area contributed by atoms with E-state index >= 15 is 0 Å². The molecular formula is C31H41N3O7S. The summed E-state index contributed by atoms with van der Waals surface area (Å²) in [6, 6.07) is 6.00. The van der Waals surface area contributed by atoms with E-state index in [1.807, 2.05) is 18.4 Å². The van der Waals surface area contributed by atoms with Gasteiger partial charge in [-0.1, -0.05) is 6.07 Å². The summed E-state index contributed by atoms with van der Waals surface area (Å²) < 4.78 is 22.8. The molecular weight excluding hydrogens is 558 g/mol. The Morgan fingerprint density at radius 3 is 2.52 bits per heavy atom. The fraction of sp³-hybridized carbons (Fsp3) is 0.516. The predicted molar refractivity (Wildman–Crippen MR) is 165 cm³/mol. The first-order valence-corrected chi connectivity index (χ1v) is 15.6. The Labute approximate surface area is 251 Å². The highest BCUT2D eigenvalue weighted by molar-refractivity contribution is 7.98. The predicted octanol–water partition coefficient (Wildman–Crippen LogP) is 3.69. The normalized spacial score (nSPS) is 18.1. The zero-order valence-electron chi connectivity index (χ0n) is 25.0. The van der Waals surface area contributed by atoms with E-state index in [-0.39, 0.29) is 23.3 Å². The van der Waals surface area contributed by atoms with Crippen LogP contribution < -0.4 is 35.6 Å². The number of fused-ring (bicyclic) bond motifs is 3. The lowest BCUT2D eigenvalue weighted by atomic mass is 9.95. The van der Waals surface area contributed by atoms with Crippen LogP contribution in [-0.2, 0) is 20.7 Å². The molecule has 1 aliphatic heterocycles. The van der Waals surface area contributed by atoms with Gasteiger partial charge in [0.05, 0.1) is 39.2 Å². The largest absolute Gasteiger partial charge is 0.493 e. The number of amides is 2. The topological polar surface area (TPSA) is 124 Å². The van der Waals surface area contributed by atoms with Crippen LogP contribution in [-0.4, -0.2) is 70.4 Å². The van der Waals surface area contributed by atoms with Crippen LogP contribution in [0.4, 0.5) is 5.69 Å². The van der Waals surface area contributed by atoms with Gasteiger partial charge in [-0.15, -0.1) is 0 Å². The maximum Gasteiger partial charge on any atom is 0.242 e. The number of anilines is 1. The number of hydrogen-bond donors (Lipinski definition) is 3. The average Bonchev–Trinajstić information content (AvgIpc) is 3.40. The smallest absolute Gasteiger partial charge is 0.242 e. The summed E-state index contributed by atoms with van der Waals surface area (Å²) in [6.07, 6.45) is 5.63. The van der Waals surface area contributed by atoms with Crippen molar-refractivity contribution in [3.8, 4) is 28.4 Å². The van der Waals surface area contributed by atoms with Crippen molar-refractivity contribution in [2.24, 2.45) is 0 Å². The van der Waals surface area contributed by atoms with Crippen molar-refractivity contribution in [1.82, 2.24) is 10.6 Å². The second-order valence-electron chi connectivity index (χ2n) is 10.5. The molecule has 3 N–H and O–H groups in total. The molecule has 0 saturated carbocycles. The lowest BCUT2D eigenvalue weighted by molar-refractivity contribution is -0.122. The van der Waals surface area contributed by atoms with Crippen molar-refractivity contribution in [3.05, 3.63) is 45.6 Å². The van der Waals surface area contributed by atoms with E-state index in [0.29, 0.717) is 60.9 Å². The number of carbonyl (C=O) groups is 2. The molecule has 228 valence electrons. The summed E-state index contributed by atoms with van der Waals surface area (Å²) >= 11 is 1.64. The van der Waals surface area contributed by atoms with E-state index < -0.39 is 12.1 Å². The minimum absolute atomic E-state index is 0.0202. The van der Waals surface area contributed by atoms with Crippen molar-refractivity contribution in [2.45, 2.75) is 57.2 Å². The molecule has 0 spiro atoms. The molecule has 2 aromatic rings. The van der Waals surface area contributed by atoms with E-state index in [1.165, 1.54) is 6.92 Å². The molecule has 1 aliphatic carbocycles. The zero-order chi connectivity index (χ0) is 30.2. The molecule has 42 heavy (non-hydrogen) atoms. The lowest BCUT2D eigenvalue weighted by Crippen LogP contribution is -2.43. The molecule has 0 aromatic heterocycles. The molecule has 3 atom stereocenters. The first-order chi connectivity index (χ1) is 20.3. The maximum absolute atomic E-state index is 13.7. The third kappa shape index (κ3) is 7.12. The molecule has 11 heteroatoms. The van der Waals surface area contributed by atoms with E-state index in [4.69, 9.17) is 18.9 Å². The highest BCUT2D eigenvalue weighted by atomic mass is 32.2. The first kappa shape index (κ1) is 31.5. The molecule has 1 fully saturated rings. The molecule has 2 aliphatic rings. The van der Waals surface area contributed by atoms with Gasteiger partial charge in [-0.25, -0.2) is 0 Å². The van der Waals surface area contributed by atoms with Crippen LogP contribution >= 0.6 is 11.8 Å². The molecule has 2 aromatic carbocycles. The summed E-state index contributed by atoms with van der Waals surface area (Å²) in [4.78, 5) is 39.2. The van der Waals surface area contributed by atoms with Crippen LogP contribution in [0.25, 0.3) is 11.1 Å². The zero-order valence-corrected chi connectivity index (χ0v) is 25.8. The van der Waals surface area contributed by atoms with Gasteiger partial charge in [0.1, 0.15) is 6.04 Å². The fourth-order valence-electron chi connectivity index (χ4n) is 5.66. The molecule has 4 rings (SSSR count). The summed E-state index contributed by atoms with van der Waals surface area (Å²) in [7, 11) is 4.68. The van der Waals surface area contributed by atoms with Gasteiger partial charge in [0.25, 0.3) is 0 Å². The monoisotopic (exact) mass is 599 g/mol. The van der Waals surface area contributed by atoms with Gasteiger partial charge >= 0.3 is 0 Å². The molecule has 1 heterocycles. The van der Waals surface area contributed by atoms with Crippen molar-refractivity contribution in [1.29, 1.82) is 0 Å². The number of aryl methyl sites for hydroxylation is 1. The summed E-state index contributed by atoms with van der Waals surface area (Å²) in [5.41, 5.74) is 3.12. The van der Waals surface area contributed by atoms with E-state index in [0.717, 1.165) is 35.3 Å². The second kappa shape index (κ2) is 14.6. The van der Waals surface area contributed by atoms with Crippen molar-refractivity contribution < 1.29 is 28.5 Å². The number of ether oxygens (including phenoxy) is 4. The SMILES string of the molecule is COc1cc2c(c(OC)c1OC)-c1ccc(N[C@@H](CCSC)C(=O)NCC3CCCO3)c(=O)cc1[C@@H](NC(C)=O)CC2. The Hall–Kier alpha value is -3.44. The van der Waals surface area contributed by atoms with Gasteiger partial charge in [0, 0.05) is 25.6 Å². The number of rotatable bonds is 12. The number of hydrogen-bond acceptors (Lipinski definition) is 9. The van der Waals surface area contributed by atoms with Crippen LogP contribution in [0.15, 0.2) is 29.1 Å². The molecule has 0 radical (unpaired) electrons. The van der Waals surface area contributed by atoms with Gasteiger partial charge in [-0.05, 0) is 79.0 Å². The minimum Gasteiger partial charge on any atom is -0.493 e. The standard InChI is InChI=1S/C31H41N3O7S/c1-18(35)33-23-10-8-19-15-27(38-2)29(39-3)30(40-4)28(19)21-9-11-24(26(36)16-22(21)23)34-25(12-14-42-5)31(37)32-17-20-7-6-13-41-20/h9,11,15-16,20,23,25H,6-8,10,12-14,17H2,1-5H3,(H,32,37)(H,33,35)(H,34,36)/t20?,23-,25-/m0/s1. The number of benzene rings is 1. The molecule has 2 amide bonds. The number of carbonyl (C=O) groups excluding carboxylic acids is 2. The molecule has 1 saturated heterocycles. The number of thioether (sulfide) groups is 1. The van der Waals surface area contributed by atoms with Gasteiger partial charge in [-0.3, -0.25) is 14.4 Å². The number of methoxy groups -OCH3 is 3. The van der Waals surface area contributed by atoms with Gasteiger partial charge < -0.3 is 34.9 Å². The van der Waals surface area contributed by atoms with Crippen molar-refractivity contribution in [2.75, 3.05) is 51.8 Å². The lowest BCUT2D eigenvalue weighted by Gasteiger charge is -2.20. The van der Waals surface area contributed by atoms with Crippen LogP contribution in [0.2, 0.25) is 0 Å². The van der Waals surface area contributed by atoms with Crippen LogP contribution in [0.5, 0.6) is 17.2 Å². The Kier molecular flexibility index (Phi) is 11.0. The fourth-order valence-corrected chi connectivity index (χ4v) is 6.13. The third-order valence-corrected chi connectivity index (χ3v) is 8.34. The maximum atomic E-state index is 13.7. The Morgan fingerprint density at radius 1 is 1.10 bits per heavy atom. The Bertz CT molecular complexity index is 1350. The Balaban J connectivity index is 1.79. The highest BCUT2D eigenvalue weighted by Crippen LogP contribution is 2.50. The highest BCUT2D eigenvalue weighted by Gasteiger charge is 2.30. The van der Waals surface area contributed by atoms with Gasteiger partial charge in [0.2, 0.25) is 23.0 Å². The summed E-state index contributed by atoms with van der Waals surface area (Å²) in [6.45, 7) is 2.62. The Morgan fingerprint density at radius 2 is 1.88 bits per heavy atom. The summed E-state index contributed by atoms with van der Waals surface area (Å²) in [5.74, 6) is 1.82. The van der Waals surface area contributed by atoms with Crippen molar-refractivity contribution >= 4 is 29.3 Å². The quantitative estimate of drug-likeness (QED) is 0.335. The summed E-state index contributed by atoms with van der Waals surface area (Å²) in [5, 5.41) is 9.24. The van der Waals surface area contributed by atoms with Crippen molar-refractivity contribution in [3.63, 3.8) is 0 Å². The first-order valence-electron chi connectivity index (χ1n) is 14.2.